The molecule has 0 fully saturated rings. The minimum absolute atomic E-state index is 0.0747. The Labute approximate surface area is 353 Å². The van der Waals surface area contributed by atoms with Crippen LogP contribution in [-0.2, 0) is 25.8 Å². The third-order valence-electron chi connectivity index (χ3n) is 8.00. The van der Waals surface area contributed by atoms with Gasteiger partial charge >= 0.3 is 11.9 Å². The molecule has 0 bridgehead atoms. The van der Waals surface area contributed by atoms with Crippen molar-refractivity contribution >= 4 is 81.3 Å². The van der Waals surface area contributed by atoms with Crippen LogP contribution in [0, 0.1) is 27.7 Å². The number of aliphatic carboxylic acids is 1. The van der Waals surface area contributed by atoms with E-state index in [4.69, 9.17) is 47.5 Å². The maximum Gasteiger partial charge on any atom is 0.344 e. The van der Waals surface area contributed by atoms with Crippen LogP contribution >= 0.6 is 69.4 Å². The fourth-order valence-electron chi connectivity index (χ4n) is 5.08. The van der Waals surface area contributed by atoms with E-state index in [1.54, 1.807) is 53.1 Å². The van der Waals surface area contributed by atoms with E-state index < -0.39 is 5.97 Å². The largest absolute Gasteiger partial charge is 0.482 e. The molecule has 0 atom stereocenters. The highest BCUT2D eigenvalue weighted by Crippen LogP contribution is 2.36. The van der Waals surface area contributed by atoms with Gasteiger partial charge in [0.2, 0.25) is 0 Å². The molecule has 1 N–H and O–H groups in total. The Morgan fingerprint density at radius 1 is 0.661 bits per heavy atom. The number of hydrogen-bond acceptors (Lipinski definition) is 11. The number of benzene rings is 4. The summed E-state index contributed by atoms with van der Waals surface area (Å²) < 4.78 is 15.7. The Hall–Kier alpha value is -4.04. The number of aromatic nitrogens is 2. The smallest absolute Gasteiger partial charge is 0.344 e. The third kappa shape index (κ3) is 12.7. The Bertz CT molecular complexity index is 2260. The Balaban J connectivity index is 0.000000215. The second kappa shape index (κ2) is 20.9. The lowest BCUT2D eigenvalue weighted by molar-refractivity contribution is -0.145. The molecule has 56 heavy (non-hydrogen) atoms. The molecule has 0 unspecified atom stereocenters. The first-order valence-corrected chi connectivity index (χ1v) is 21.8. The predicted molar refractivity (Wildman–Crippen MR) is 231 cm³/mol. The van der Waals surface area contributed by atoms with Gasteiger partial charge in [-0.3, -0.25) is 0 Å². The minimum atomic E-state index is -0.981. The number of aryl methyl sites for hydroxylation is 4. The highest BCUT2D eigenvalue weighted by molar-refractivity contribution is 7.99. The number of thioether (sulfide) groups is 2. The summed E-state index contributed by atoms with van der Waals surface area (Å²) in [5.74, 6) is 1.63. The van der Waals surface area contributed by atoms with Gasteiger partial charge in [0.05, 0.1) is 18.0 Å². The summed E-state index contributed by atoms with van der Waals surface area (Å²) >= 11 is 18.8. The second-order valence-corrected chi connectivity index (χ2v) is 17.4. The molecule has 0 aliphatic carbocycles. The molecule has 0 spiro atoms. The van der Waals surface area contributed by atoms with Gasteiger partial charge in [0, 0.05) is 52.2 Å². The molecule has 0 aliphatic heterocycles. The number of thiazole rings is 2. The molecule has 6 aromatic rings. The number of rotatable bonds is 15. The van der Waals surface area contributed by atoms with Crippen LogP contribution in [0.2, 0.25) is 10.0 Å². The highest BCUT2D eigenvalue weighted by Gasteiger charge is 2.13. The number of carboxylic acids is 1. The lowest BCUT2D eigenvalue weighted by Gasteiger charge is -2.10. The SMILES string of the molecule is CCOC(=O)COc1ccc(SCc2sc(-c3ccc(Cl)cc3)nc2C)cc1C.Cc1cc(SCc2sc(-c3ccc(Cl)cc3)nc2C)ccc1OCC(=O)O. The monoisotopic (exact) mass is 866 g/mol. The van der Waals surface area contributed by atoms with Gasteiger partial charge < -0.3 is 19.3 Å². The van der Waals surface area contributed by atoms with Gasteiger partial charge in [0.1, 0.15) is 21.5 Å². The topological polar surface area (TPSA) is 108 Å². The summed E-state index contributed by atoms with van der Waals surface area (Å²) in [5, 5.41) is 12.2. The van der Waals surface area contributed by atoms with Crippen molar-refractivity contribution in [3.05, 3.63) is 127 Å². The summed E-state index contributed by atoms with van der Waals surface area (Å²) in [5.41, 5.74) is 6.15. The number of nitrogens with zero attached hydrogens (tertiary/aromatic N) is 2. The molecule has 0 saturated carbocycles. The van der Waals surface area contributed by atoms with Gasteiger partial charge in [0.15, 0.2) is 13.2 Å². The third-order valence-corrected chi connectivity index (χ3v) is 13.3. The summed E-state index contributed by atoms with van der Waals surface area (Å²) in [7, 11) is 0. The van der Waals surface area contributed by atoms with Crippen molar-refractivity contribution < 1.29 is 28.9 Å². The van der Waals surface area contributed by atoms with Crippen molar-refractivity contribution in [2.45, 2.75) is 55.9 Å². The predicted octanol–water partition coefficient (Wildman–Crippen LogP) is 12.2. The van der Waals surface area contributed by atoms with Crippen LogP contribution in [0.15, 0.2) is 94.7 Å². The molecule has 292 valence electrons. The number of carbonyl (C=O) groups is 2. The molecule has 4 aromatic carbocycles. The van der Waals surface area contributed by atoms with E-state index in [1.165, 1.54) is 9.75 Å². The fraction of sp³-hybridized carbons (Fsp3) is 0.238. The lowest BCUT2D eigenvalue weighted by atomic mass is 10.2. The van der Waals surface area contributed by atoms with Crippen molar-refractivity contribution in [1.82, 2.24) is 9.97 Å². The molecular formula is C42H40Cl2N2O6S4. The van der Waals surface area contributed by atoms with E-state index in [9.17, 15) is 9.59 Å². The zero-order valence-electron chi connectivity index (χ0n) is 31.4. The molecule has 2 heterocycles. The van der Waals surface area contributed by atoms with Crippen molar-refractivity contribution in [3.8, 4) is 32.6 Å². The molecule has 8 nitrogen and oxygen atoms in total. The average Bonchev–Trinajstić information content (AvgIpc) is 3.74. The number of esters is 1. The van der Waals surface area contributed by atoms with Crippen LogP contribution in [0.25, 0.3) is 21.1 Å². The Morgan fingerprint density at radius 3 is 1.48 bits per heavy atom. The molecule has 0 saturated heterocycles. The summed E-state index contributed by atoms with van der Waals surface area (Å²) in [6, 6.07) is 27.2. The number of carbonyl (C=O) groups excluding carboxylic acids is 1. The van der Waals surface area contributed by atoms with E-state index in [1.807, 2.05) is 107 Å². The van der Waals surface area contributed by atoms with Crippen molar-refractivity contribution in [2.75, 3.05) is 19.8 Å². The highest BCUT2D eigenvalue weighted by atomic mass is 35.5. The zero-order valence-corrected chi connectivity index (χ0v) is 36.2. The van der Waals surface area contributed by atoms with E-state index >= 15 is 0 Å². The van der Waals surface area contributed by atoms with Crippen molar-refractivity contribution in [1.29, 1.82) is 0 Å². The first kappa shape index (κ1) is 43.1. The molecule has 0 amide bonds. The van der Waals surface area contributed by atoms with Gasteiger partial charge in [-0.15, -0.1) is 46.2 Å². The summed E-state index contributed by atoms with van der Waals surface area (Å²) in [6.45, 7) is 9.68. The second-order valence-electron chi connectivity index (χ2n) is 12.3. The molecule has 6 rings (SSSR count). The molecule has 2 aromatic heterocycles. The average molecular weight is 868 g/mol. The van der Waals surface area contributed by atoms with Gasteiger partial charge in [0.25, 0.3) is 0 Å². The lowest BCUT2D eigenvalue weighted by Crippen LogP contribution is -2.14. The van der Waals surface area contributed by atoms with E-state index in [-0.39, 0.29) is 19.2 Å². The van der Waals surface area contributed by atoms with Crippen molar-refractivity contribution in [2.24, 2.45) is 0 Å². The molecular weight excluding hydrogens is 828 g/mol. The fourth-order valence-corrected chi connectivity index (χ4v) is 9.75. The maximum atomic E-state index is 11.4. The van der Waals surface area contributed by atoms with Crippen LogP contribution in [0.3, 0.4) is 0 Å². The number of halogens is 2. The number of ether oxygens (including phenoxy) is 3. The van der Waals surface area contributed by atoms with Gasteiger partial charge in [-0.2, -0.15) is 0 Å². The first-order valence-electron chi connectivity index (χ1n) is 17.4. The van der Waals surface area contributed by atoms with E-state index in [0.29, 0.717) is 23.1 Å². The Morgan fingerprint density at radius 2 is 1.09 bits per heavy atom. The van der Waals surface area contributed by atoms with Crippen molar-refractivity contribution in [3.63, 3.8) is 0 Å². The number of hydrogen-bond donors (Lipinski definition) is 1. The normalized spacial score (nSPS) is 10.8. The quantitative estimate of drug-likeness (QED) is 0.0792. The van der Waals surface area contributed by atoms with E-state index in [2.05, 4.69) is 11.1 Å². The van der Waals surface area contributed by atoms with Crippen LogP contribution in [-0.4, -0.2) is 46.8 Å². The van der Waals surface area contributed by atoms with Crippen LogP contribution in [0.5, 0.6) is 11.5 Å². The summed E-state index contributed by atoms with van der Waals surface area (Å²) in [6.07, 6.45) is 0. The molecule has 0 radical (unpaired) electrons. The zero-order chi connectivity index (χ0) is 40.2. The van der Waals surface area contributed by atoms with Crippen LogP contribution in [0.4, 0.5) is 0 Å². The van der Waals surface area contributed by atoms with Crippen LogP contribution in [0.1, 0.15) is 39.2 Å². The first-order chi connectivity index (χ1) is 26.9. The minimum Gasteiger partial charge on any atom is -0.482 e. The standard InChI is InChI=1S/C22H22ClNO3S2.C20H18ClNO3S2/c1-4-26-21(25)12-27-19-10-9-18(11-14(19)2)28-13-20-15(3)24-22(29-20)16-5-7-17(23)8-6-16;1-12-9-16(7-8-17(12)25-10-19(23)24)26-11-18-13(2)22-20(27-18)14-3-5-15(21)6-4-14/h5-11H,4,12-13H2,1-3H3;3-9H,10-11H2,1-2H3,(H,23,24). The summed E-state index contributed by atoms with van der Waals surface area (Å²) in [4.78, 5) is 36.2. The van der Waals surface area contributed by atoms with E-state index in [0.717, 1.165) is 70.0 Å². The van der Waals surface area contributed by atoms with Gasteiger partial charge in [-0.05, 0) is 106 Å². The van der Waals surface area contributed by atoms with Gasteiger partial charge in [-0.25, -0.2) is 19.6 Å². The molecule has 0 aliphatic rings. The van der Waals surface area contributed by atoms with Crippen LogP contribution < -0.4 is 9.47 Å². The van der Waals surface area contributed by atoms with Gasteiger partial charge in [-0.1, -0.05) is 47.5 Å². The molecule has 14 heteroatoms. The maximum absolute atomic E-state index is 11.4. The number of carboxylic acid groups (broad SMARTS) is 1. The Kier molecular flexibility index (Phi) is 16.1.